The van der Waals surface area contributed by atoms with E-state index < -0.39 is 0 Å². The maximum atomic E-state index is 12.2. The second kappa shape index (κ2) is 7.14. The molecule has 1 aliphatic carbocycles. The molecule has 120 valence electrons. The van der Waals surface area contributed by atoms with Gasteiger partial charge in [-0.1, -0.05) is 43.9 Å². The van der Waals surface area contributed by atoms with Gasteiger partial charge in [-0.2, -0.15) is 0 Å². The highest BCUT2D eigenvalue weighted by molar-refractivity contribution is 5.90. The minimum atomic E-state index is -0.247. The minimum absolute atomic E-state index is 0.167. The Kier molecular flexibility index (Phi) is 4.98. The maximum Gasteiger partial charge on any atom is 0.414 e. The van der Waals surface area contributed by atoms with E-state index in [0.29, 0.717) is 19.1 Å². The zero-order valence-electron chi connectivity index (χ0n) is 13.3. The van der Waals surface area contributed by atoms with Crippen LogP contribution in [0.15, 0.2) is 24.3 Å². The summed E-state index contributed by atoms with van der Waals surface area (Å²) in [6.07, 6.45) is 7.28. The van der Waals surface area contributed by atoms with Crippen LogP contribution in [-0.4, -0.2) is 32.5 Å². The summed E-state index contributed by atoms with van der Waals surface area (Å²) in [5.74, 6) is 0.563. The van der Waals surface area contributed by atoms with Crippen molar-refractivity contribution in [2.75, 3.05) is 25.2 Å². The summed E-state index contributed by atoms with van der Waals surface area (Å²) >= 11 is 0. The first-order valence-corrected chi connectivity index (χ1v) is 8.35. The molecular formula is C18H25NO3. The summed E-state index contributed by atoms with van der Waals surface area (Å²) in [6, 6.07) is 8.32. The highest BCUT2D eigenvalue weighted by atomic mass is 16.6. The summed E-state index contributed by atoms with van der Waals surface area (Å²) < 4.78 is 10.5. The van der Waals surface area contributed by atoms with E-state index in [4.69, 9.17) is 9.47 Å². The van der Waals surface area contributed by atoms with Crippen LogP contribution >= 0.6 is 0 Å². The number of rotatable bonds is 4. The number of cyclic esters (lactones) is 1. The average molecular weight is 303 g/mol. The Morgan fingerprint density at radius 1 is 1.18 bits per heavy atom. The topological polar surface area (TPSA) is 38.8 Å². The summed E-state index contributed by atoms with van der Waals surface area (Å²) in [5.41, 5.74) is 2.33. The smallest absolute Gasteiger partial charge is 0.414 e. The van der Waals surface area contributed by atoms with E-state index in [1.54, 1.807) is 12.0 Å². The van der Waals surface area contributed by atoms with E-state index in [0.717, 1.165) is 5.69 Å². The zero-order chi connectivity index (χ0) is 15.4. The van der Waals surface area contributed by atoms with Crippen molar-refractivity contribution in [2.24, 2.45) is 0 Å². The van der Waals surface area contributed by atoms with E-state index in [1.165, 1.54) is 44.1 Å². The number of benzene rings is 1. The van der Waals surface area contributed by atoms with E-state index in [9.17, 15) is 4.79 Å². The molecule has 2 aliphatic rings. The van der Waals surface area contributed by atoms with Gasteiger partial charge < -0.3 is 9.47 Å². The minimum Gasteiger partial charge on any atom is -0.441 e. The lowest BCUT2D eigenvalue weighted by Crippen LogP contribution is -2.27. The third kappa shape index (κ3) is 3.27. The molecule has 4 nitrogen and oxygen atoms in total. The Hall–Kier alpha value is -1.55. The lowest BCUT2D eigenvalue weighted by atomic mass is 9.90. The first-order chi connectivity index (χ1) is 10.8. The Morgan fingerprint density at radius 2 is 1.91 bits per heavy atom. The van der Waals surface area contributed by atoms with Gasteiger partial charge in [0.05, 0.1) is 18.8 Å². The fourth-order valence-electron chi connectivity index (χ4n) is 3.66. The molecule has 1 aliphatic heterocycles. The van der Waals surface area contributed by atoms with E-state index in [-0.39, 0.29) is 12.2 Å². The third-order valence-electron chi connectivity index (χ3n) is 4.75. The highest BCUT2D eigenvalue weighted by Crippen LogP contribution is 2.38. The van der Waals surface area contributed by atoms with Crippen molar-refractivity contribution in [2.45, 2.75) is 50.5 Å². The largest absolute Gasteiger partial charge is 0.441 e. The molecule has 0 radical (unpaired) electrons. The van der Waals surface area contributed by atoms with E-state index >= 15 is 0 Å². The van der Waals surface area contributed by atoms with Crippen molar-refractivity contribution in [3.63, 3.8) is 0 Å². The molecule has 1 heterocycles. The standard InChI is InChI=1S/C18H25NO3/c1-21-13-15-12-19(18(20)22-15)17-11-7-6-10-16(17)14-8-4-2-3-5-9-14/h6-7,10-11,14-15H,2-5,8-9,12-13H2,1H3. The van der Waals surface area contributed by atoms with Crippen molar-refractivity contribution in [3.8, 4) is 0 Å². The molecule has 0 bridgehead atoms. The molecule has 3 rings (SSSR count). The van der Waals surface area contributed by atoms with Gasteiger partial charge in [-0.3, -0.25) is 4.90 Å². The number of methoxy groups -OCH3 is 1. The SMILES string of the molecule is COCC1CN(c2ccccc2C2CCCCCC2)C(=O)O1. The second-order valence-corrected chi connectivity index (χ2v) is 6.32. The number of para-hydroxylation sites is 1. The predicted molar refractivity (Wildman–Crippen MR) is 86.4 cm³/mol. The number of carbonyl (C=O) groups is 1. The van der Waals surface area contributed by atoms with Crippen LogP contribution in [0.25, 0.3) is 0 Å². The van der Waals surface area contributed by atoms with Crippen LogP contribution in [0.2, 0.25) is 0 Å². The van der Waals surface area contributed by atoms with Crippen LogP contribution in [0.4, 0.5) is 10.5 Å². The molecule has 0 spiro atoms. The molecule has 22 heavy (non-hydrogen) atoms. The molecule has 1 saturated carbocycles. The molecule has 1 unspecified atom stereocenters. The molecule has 1 saturated heterocycles. The number of ether oxygens (including phenoxy) is 2. The maximum absolute atomic E-state index is 12.2. The fourth-order valence-corrected chi connectivity index (χ4v) is 3.66. The van der Waals surface area contributed by atoms with Crippen molar-refractivity contribution < 1.29 is 14.3 Å². The normalized spacial score (nSPS) is 23.4. The molecule has 2 fully saturated rings. The number of amides is 1. The van der Waals surface area contributed by atoms with Crippen LogP contribution in [0.3, 0.4) is 0 Å². The number of carbonyl (C=O) groups excluding carboxylic acids is 1. The number of anilines is 1. The van der Waals surface area contributed by atoms with E-state index in [2.05, 4.69) is 18.2 Å². The van der Waals surface area contributed by atoms with Crippen molar-refractivity contribution >= 4 is 11.8 Å². The first kappa shape index (κ1) is 15.3. The molecule has 1 amide bonds. The van der Waals surface area contributed by atoms with Gasteiger partial charge in [0, 0.05) is 7.11 Å². The monoisotopic (exact) mass is 303 g/mol. The van der Waals surface area contributed by atoms with Gasteiger partial charge in [-0.15, -0.1) is 0 Å². The Bertz CT molecular complexity index is 509. The molecule has 1 atom stereocenters. The van der Waals surface area contributed by atoms with Crippen molar-refractivity contribution in [1.82, 2.24) is 0 Å². The quantitative estimate of drug-likeness (QED) is 0.786. The van der Waals surface area contributed by atoms with Crippen LogP contribution in [0.1, 0.15) is 50.0 Å². The molecule has 0 N–H and O–H groups in total. The Labute approximate surface area is 132 Å². The molecule has 1 aromatic carbocycles. The van der Waals surface area contributed by atoms with E-state index in [1.807, 2.05) is 6.07 Å². The lowest BCUT2D eigenvalue weighted by Gasteiger charge is -2.23. The average Bonchev–Trinajstić information content (AvgIpc) is 2.75. The molecule has 4 heteroatoms. The molecule has 1 aromatic rings. The summed E-state index contributed by atoms with van der Waals surface area (Å²) in [7, 11) is 1.63. The van der Waals surface area contributed by atoms with Gasteiger partial charge in [0.15, 0.2) is 0 Å². The van der Waals surface area contributed by atoms with Gasteiger partial charge in [0.1, 0.15) is 6.10 Å². The van der Waals surface area contributed by atoms with Crippen LogP contribution in [0, 0.1) is 0 Å². The highest BCUT2D eigenvalue weighted by Gasteiger charge is 2.34. The van der Waals surface area contributed by atoms with Gasteiger partial charge in [-0.05, 0) is 30.4 Å². The second-order valence-electron chi connectivity index (χ2n) is 6.32. The van der Waals surface area contributed by atoms with Gasteiger partial charge in [0.2, 0.25) is 0 Å². The molecular weight excluding hydrogens is 278 g/mol. The zero-order valence-corrected chi connectivity index (χ0v) is 13.3. The van der Waals surface area contributed by atoms with Crippen molar-refractivity contribution in [3.05, 3.63) is 29.8 Å². The summed E-state index contributed by atoms with van der Waals surface area (Å²) in [4.78, 5) is 14.0. The third-order valence-corrected chi connectivity index (χ3v) is 4.75. The first-order valence-electron chi connectivity index (χ1n) is 8.35. The van der Waals surface area contributed by atoms with Gasteiger partial charge >= 0.3 is 6.09 Å². The summed E-state index contributed by atoms with van der Waals surface area (Å²) in [5, 5.41) is 0. The predicted octanol–water partition coefficient (Wildman–Crippen LogP) is 4.10. The van der Waals surface area contributed by atoms with Crippen LogP contribution in [-0.2, 0) is 9.47 Å². The van der Waals surface area contributed by atoms with Gasteiger partial charge in [0.25, 0.3) is 0 Å². The number of hydrogen-bond donors (Lipinski definition) is 0. The lowest BCUT2D eigenvalue weighted by molar-refractivity contribution is 0.0718. The fraction of sp³-hybridized carbons (Fsp3) is 0.611. The van der Waals surface area contributed by atoms with Crippen molar-refractivity contribution in [1.29, 1.82) is 0 Å². The number of nitrogens with zero attached hydrogens (tertiary/aromatic N) is 1. The number of hydrogen-bond acceptors (Lipinski definition) is 3. The van der Waals surface area contributed by atoms with Crippen LogP contribution in [0.5, 0.6) is 0 Å². The van der Waals surface area contributed by atoms with Crippen LogP contribution < -0.4 is 4.90 Å². The Morgan fingerprint density at radius 3 is 2.64 bits per heavy atom. The molecule has 0 aromatic heterocycles. The summed E-state index contributed by atoms with van der Waals surface area (Å²) in [6.45, 7) is 1.03. The van der Waals surface area contributed by atoms with Gasteiger partial charge in [-0.25, -0.2) is 4.79 Å². The Balaban J connectivity index is 1.83.